The minimum Gasteiger partial charge on any atom is -0.396 e. The quantitative estimate of drug-likeness (QED) is 0.852. The molecule has 2 nitrogen and oxygen atoms in total. The molecule has 0 bridgehead atoms. The Hall–Kier alpha value is -0.0900. The minimum absolute atomic E-state index is 0.140. The van der Waals surface area contributed by atoms with Crippen molar-refractivity contribution in [2.24, 2.45) is 5.41 Å². The molecule has 1 aliphatic carbocycles. The molecule has 1 saturated carbocycles. The van der Waals surface area contributed by atoms with Crippen LogP contribution in [0.4, 0.5) is 0 Å². The Kier molecular flexibility index (Phi) is 4.25. The lowest BCUT2D eigenvalue weighted by molar-refractivity contribution is 0.128. The summed E-state index contributed by atoms with van der Waals surface area (Å²) in [6, 6.07) is 3.99. The van der Waals surface area contributed by atoms with Crippen LogP contribution in [0.5, 0.6) is 0 Å². The van der Waals surface area contributed by atoms with Crippen molar-refractivity contribution in [3.63, 3.8) is 0 Å². The fourth-order valence-electron chi connectivity index (χ4n) is 2.41. The van der Waals surface area contributed by atoms with Gasteiger partial charge in [-0.1, -0.05) is 24.4 Å². The lowest BCUT2D eigenvalue weighted by Crippen LogP contribution is -2.34. The summed E-state index contributed by atoms with van der Waals surface area (Å²) in [6.07, 6.45) is 4.82. The van der Waals surface area contributed by atoms with E-state index < -0.39 is 0 Å². The SMILES string of the molecule is OCC1(CNCc2ccc(Cl)s2)CCCC1. The van der Waals surface area contributed by atoms with E-state index in [1.54, 1.807) is 11.3 Å². The van der Waals surface area contributed by atoms with Gasteiger partial charge in [-0.15, -0.1) is 11.3 Å². The first-order valence-corrected chi connectivity index (χ1v) is 6.99. The van der Waals surface area contributed by atoms with Crippen LogP contribution in [-0.2, 0) is 6.54 Å². The van der Waals surface area contributed by atoms with Crippen LogP contribution in [-0.4, -0.2) is 18.3 Å². The second-order valence-electron chi connectivity index (χ2n) is 4.67. The van der Waals surface area contributed by atoms with Crippen molar-refractivity contribution in [1.29, 1.82) is 0 Å². The highest BCUT2D eigenvalue weighted by atomic mass is 35.5. The standard InChI is InChI=1S/C12H18ClNOS/c13-11-4-3-10(16-11)7-14-8-12(9-15)5-1-2-6-12/h3-4,14-15H,1-2,5-9H2. The minimum atomic E-state index is 0.140. The highest BCUT2D eigenvalue weighted by molar-refractivity contribution is 7.16. The largest absolute Gasteiger partial charge is 0.396 e. The van der Waals surface area contributed by atoms with Gasteiger partial charge in [-0.05, 0) is 25.0 Å². The Labute approximate surface area is 106 Å². The Morgan fingerprint density at radius 3 is 2.69 bits per heavy atom. The van der Waals surface area contributed by atoms with Crippen molar-refractivity contribution in [2.75, 3.05) is 13.2 Å². The Morgan fingerprint density at radius 1 is 1.38 bits per heavy atom. The first-order chi connectivity index (χ1) is 7.74. The maximum atomic E-state index is 9.46. The predicted molar refractivity (Wildman–Crippen MR) is 69.0 cm³/mol. The average Bonchev–Trinajstić information content (AvgIpc) is 2.89. The van der Waals surface area contributed by atoms with E-state index in [1.165, 1.54) is 17.7 Å². The van der Waals surface area contributed by atoms with Gasteiger partial charge in [0, 0.05) is 30.0 Å². The highest BCUT2D eigenvalue weighted by Gasteiger charge is 2.32. The van der Waals surface area contributed by atoms with Crippen molar-refractivity contribution < 1.29 is 5.11 Å². The van der Waals surface area contributed by atoms with E-state index in [-0.39, 0.29) is 5.41 Å². The van der Waals surface area contributed by atoms with Crippen LogP contribution in [0.15, 0.2) is 12.1 Å². The van der Waals surface area contributed by atoms with Crippen molar-refractivity contribution >= 4 is 22.9 Å². The molecule has 0 atom stereocenters. The zero-order valence-corrected chi connectivity index (χ0v) is 10.9. The second kappa shape index (κ2) is 5.50. The third-order valence-electron chi connectivity index (χ3n) is 3.43. The average molecular weight is 260 g/mol. The molecule has 16 heavy (non-hydrogen) atoms. The zero-order chi connectivity index (χ0) is 11.4. The number of aliphatic hydroxyl groups is 1. The van der Waals surface area contributed by atoms with Crippen molar-refractivity contribution in [1.82, 2.24) is 5.32 Å². The van der Waals surface area contributed by atoms with E-state index in [4.69, 9.17) is 11.6 Å². The second-order valence-corrected chi connectivity index (χ2v) is 6.47. The molecule has 1 fully saturated rings. The van der Waals surface area contributed by atoms with E-state index in [0.29, 0.717) is 6.61 Å². The summed E-state index contributed by atoms with van der Waals surface area (Å²) >= 11 is 7.49. The van der Waals surface area contributed by atoms with Crippen LogP contribution in [0.2, 0.25) is 4.34 Å². The number of thiophene rings is 1. The molecule has 2 N–H and O–H groups in total. The van der Waals surface area contributed by atoms with E-state index in [9.17, 15) is 5.11 Å². The topological polar surface area (TPSA) is 32.3 Å². The number of aliphatic hydroxyl groups excluding tert-OH is 1. The van der Waals surface area contributed by atoms with Gasteiger partial charge < -0.3 is 10.4 Å². The molecule has 0 amide bonds. The Morgan fingerprint density at radius 2 is 2.12 bits per heavy atom. The number of hydrogen-bond acceptors (Lipinski definition) is 3. The first-order valence-electron chi connectivity index (χ1n) is 5.80. The van der Waals surface area contributed by atoms with Gasteiger partial charge in [0.1, 0.15) is 0 Å². The summed E-state index contributed by atoms with van der Waals surface area (Å²) in [5.41, 5.74) is 0.140. The van der Waals surface area contributed by atoms with Gasteiger partial charge in [0.05, 0.1) is 4.34 Å². The summed E-state index contributed by atoms with van der Waals surface area (Å²) in [5, 5.41) is 12.9. The lowest BCUT2D eigenvalue weighted by Gasteiger charge is -2.26. The predicted octanol–water partition coefficient (Wildman–Crippen LogP) is 3.04. The molecular weight excluding hydrogens is 242 g/mol. The van der Waals surface area contributed by atoms with Gasteiger partial charge in [0.25, 0.3) is 0 Å². The van der Waals surface area contributed by atoms with E-state index in [1.807, 2.05) is 6.07 Å². The maximum absolute atomic E-state index is 9.46. The molecule has 1 heterocycles. The molecule has 0 radical (unpaired) electrons. The van der Waals surface area contributed by atoms with Crippen LogP contribution in [0.1, 0.15) is 30.6 Å². The number of rotatable bonds is 5. The molecule has 1 aromatic rings. The summed E-state index contributed by atoms with van der Waals surface area (Å²) in [5.74, 6) is 0. The fourth-order valence-corrected chi connectivity index (χ4v) is 3.47. The molecule has 1 aliphatic rings. The van der Waals surface area contributed by atoms with Crippen LogP contribution in [0, 0.1) is 5.41 Å². The molecule has 0 spiro atoms. The smallest absolute Gasteiger partial charge is 0.0931 e. The van der Waals surface area contributed by atoms with Crippen LogP contribution >= 0.6 is 22.9 Å². The molecule has 0 aliphatic heterocycles. The van der Waals surface area contributed by atoms with E-state index in [2.05, 4.69) is 11.4 Å². The van der Waals surface area contributed by atoms with E-state index >= 15 is 0 Å². The molecule has 4 heteroatoms. The van der Waals surface area contributed by atoms with Gasteiger partial charge in [-0.3, -0.25) is 0 Å². The van der Waals surface area contributed by atoms with Crippen molar-refractivity contribution in [3.8, 4) is 0 Å². The first kappa shape index (κ1) is 12.4. The summed E-state index contributed by atoms with van der Waals surface area (Å²) in [7, 11) is 0. The van der Waals surface area contributed by atoms with Crippen LogP contribution in [0.25, 0.3) is 0 Å². The molecule has 90 valence electrons. The monoisotopic (exact) mass is 259 g/mol. The highest BCUT2D eigenvalue weighted by Crippen LogP contribution is 2.37. The van der Waals surface area contributed by atoms with Gasteiger partial charge >= 0.3 is 0 Å². The van der Waals surface area contributed by atoms with Gasteiger partial charge in [0.2, 0.25) is 0 Å². The van der Waals surface area contributed by atoms with Gasteiger partial charge in [0.15, 0.2) is 0 Å². The number of halogens is 1. The molecule has 0 unspecified atom stereocenters. The Balaban J connectivity index is 1.78. The molecule has 0 saturated heterocycles. The molecule has 2 rings (SSSR count). The number of nitrogens with one attached hydrogen (secondary N) is 1. The Bertz CT molecular complexity index is 334. The van der Waals surface area contributed by atoms with Crippen molar-refractivity contribution in [3.05, 3.63) is 21.3 Å². The summed E-state index contributed by atoms with van der Waals surface area (Å²) < 4.78 is 0.842. The van der Waals surface area contributed by atoms with Gasteiger partial charge in [-0.2, -0.15) is 0 Å². The van der Waals surface area contributed by atoms with Crippen LogP contribution in [0.3, 0.4) is 0 Å². The van der Waals surface area contributed by atoms with Crippen LogP contribution < -0.4 is 5.32 Å². The fraction of sp³-hybridized carbons (Fsp3) is 0.667. The number of hydrogen-bond donors (Lipinski definition) is 2. The zero-order valence-electron chi connectivity index (χ0n) is 9.34. The maximum Gasteiger partial charge on any atom is 0.0931 e. The third kappa shape index (κ3) is 2.98. The van der Waals surface area contributed by atoms with Gasteiger partial charge in [-0.25, -0.2) is 0 Å². The lowest BCUT2D eigenvalue weighted by atomic mass is 9.87. The molecule has 0 aromatic carbocycles. The summed E-state index contributed by atoms with van der Waals surface area (Å²) in [4.78, 5) is 1.26. The third-order valence-corrected chi connectivity index (χ3v) is 4.66. The normalized spacial score (nSPS) is 19.1. The van der Waals surface area contributed by atoms with Crippen molar-refractivity contribution in [2.45, 2.75) is 32.2 Å². The summed E-state index contributed by atoms with van der Waals surface area (Å²) in [6.45, 7) is 2.09. The van der Waals surface area contributed by atoms with E-state index in [0.717, 1.165) is 30.3 Å². The molecule has 1 aromatic heterocycles. The molecular formula is C12H18ClNOS.